The molecule has 0 aromatic heterocycles. The summed E-state index contributed by atoms with van der Waals surface area (Å²) in [6.07, 6.45) is 9.84. The summed E-state index contributed by atoms with van der Waals surface area (Å²) in [7, 11) is 0. The van der Waals surface area contributed by atoms with Gasteiger partial charge >= 0.3 is 11.9 Å². The van der Waals surface area contributed by atoms with Crippen molar-refractivity contribution in [1.29, 1.82) is 0 Å². The van der Waals surface area contributed by atoms with Crippen molar-refractivity contribution >= 4 is 11.9 Å². The Kier molecular flexibility index (Phi) is 16.5. The third kappa shape index (κ3) is 16.4. The first-order chi connectivity index (χ1) is 17.7. The van der Waals surface area contributed by atoms with Gasteiger partial charge in [0.25, 0.3) is 0 Å². The zero-order chi connectivity index (χ0) is 29.2. The van der Waals surface area contributed by atoms with E-state index < -0.39 is 11.9 Å². The first kappa shape index (κ1) is 34.7. The predicted molar refractivity (Wildman–Crippen MR) is 152 cm³/mol. The summed E-state index contributed by atoms with van der Waals surface area (Å²) in [6.45, 7) is 14.3. The van der Waals surface area contributed by atoms with E-state index in [4.69, 9.17) is 31.6 Å². The second-order valence-corrected chi connectivity index (χ2v) is 10.5. The van der Waals surface area contributed by atoms with Gasteiger partial charge in [0.05, 0.1) is 13.2 Å². The molecule has 0 bridgehead atoms. The van der Waals surface area contributed by atoms with E-state index in [1.165, 1.54) is 22.3 Å². The van der Waals surface area contributed by atoms with Crippen molar-refractivity contribution in [3.63, 3.8) is 0 Å². The molecule has 8 nitrogen and oxygen atoms in total. The van der Waals surface area contributed by atoms with Gasteiger partial charge in [-0.15, -0.1) is 0 Å². The van der Waals surface area contributed by atoms with Gasteiger partial charge in [-0.3, -0.25) is 0 Å². The van der Waals surface area contributed by atoms with E-state index in [1.807, 2.05) is 12.2 Å². The van der Waals surface area contributed by atoms with E-state index in [2.05, 4.69) is 112 Å². The maximum absolute atomic E-state index is 9.10. The minimum Gasteiger partial charge on any atom is -0.473 e. The lowest BCUT2D eigenvalue weighted by Crippen LogP contribution is -2.10. The Morgan fingerprint density at radius 1 is 0.632 bits per heavy atom. The Bertz CT molecular complexity index is 916. The molecule has 0 saturated heterocycles. The van der Waals surface area contributed by atoms with Crippen molar-refractivity contribution in [2.24, 2.45) is 11.8 Å². The second-order valence-electron chi connectivity index (χ2n) is 10.5. The van der Waals surface area contributed by atoms with Crippen LogP contribution in [0.15, 0.2) is 72.8 Å². The number of aliphatic carboxylic acids is 2. The number of hydrogen-bond acceptors (Lipinski definition) is 6. The number of rotatable bonds is 8. The third-order valence-corrected chi connectivity index (χ3v) is 5.25. The van der Waals surface area contributed by atoms with Crippen LogP contribution >= 0.6 is 0 Å². The molecule has 0 aliphatic carbocycles. The Balaban J connectivity index is 0.000000596. The molecular formula is C30H44N2O6. The van der Waals surface area contributed by atoms with Crippen LogP contribution in [0.2, 0.25) is 0 Å². The Labute approximate surface area is 226 Å². The van der Waals surface area contributed by atoms with Gasteiger partial charge in [-0.1, -0.05) is 114 Å². The van der Waals surface area contributed by atoms with E-state index in [-0.39, 0.29) is 10.8 Å². The van der Waals surface area contributed by atoms with Crippen molar-refractivity contribution < 1.29 is 29.5 Å². The molecule has 2 rings (SSSR count). The molecule has 38 heavy (non-hydrogen) atoms. The van der Waals surface area contributed by atoms with Crippen molar-refractivity contribution in [1.82, 2.24) is 0 Å². The maximum atomic E-state index is 9.10. The molecular weight excluding hydrogens is 484 g/mol. The molecule has 0 radical (unpaired) electrons. The van der Waals surface area contributed by atoms with E-state index in [0.29, 0.717) is 13.2 Å². The van der Waals surface area contributed by atoms with E-state index >= 15 is 0 Å². The topological polar surface area (TPSA) is 145 Å². The van der Waals surface area contributed by atoms with E-state index in [0.717, 1.165) is 12.8 Å². The fourth-order valence-corrected chi connectivity index (χ4v) is 2.97. The quantitative estimate of drug-likeness (QED) is 0.210. The van der Waals surface area contributed by atoms with Gasteiger partial charge in [0, 0.05) is 0 Å². The molecule has 0 spiro atoms. The lowest BCUT2D eigenvalue weighted by molar-refractivity contribution is -0.159. The highest BCUT2D eigenvalue weighted by Crippen LogP contribution is 2.23. The molecule has 6 N–H and O–H groups in total. The van der Waals surface area contributed by atoms with Gasteiger partial charge in [-0.2, -0.15) is 0 Å². The minimum atomic E-state index is -1.82. The van der Waals surface area contributed by atoms with Crippen LogP contribution < -0.4 is 11.8 Å². The average Bonchev–Trinajstić information content (AvgIpc) is 2.85. The summed E-state index contributed by atoms with van der Waals surface area (Å²) in [5, 5.41) is 14.8. The molecule has 2 aromatic carbocycles. The molecule has 0 fully saturated rings. The van der Waals surface area contributed by atoms with Gasteiger partial charge in [0.15, 0.2) is 0 Å². The van der Waals surface area contributed by atoms with Gasteiger partial charge in [-0.05, 0) is 45.9 Å². The van der Waals surface area contributed by atoms with Crippen LogP contribution in [0.5, 0.6) is 0 Å². The Morgan fingerprint density at radius 3 is 1.13 bits per heavy atom. The molecule has 0 aliphatic heterocycles. The highest BCUT2D eigenvalue weighted by molar-refractivity contribution is 6.27. The number of benzene rings is 2. The van der Waals surface area contributed by atoms with Gasteiger partial charge in [0.1, 0.15) is 0 Å². The molecule has 0 heterocycles. The molecule has 0 atom stereocenters. The van der Waals surface area contributed by atoms with E-state index in [1.54, 1.807) is 0 Å². The number of allylic oxidation sites excluding steroid dienone is 2. The van der Waals surface area contributed by atoms with Crippen LogP contribution in [0.25, 0.3) is 0 Å². The van der Waals surface area contributed by atoms with Gasteiger partial charge in [0.2, 0.25) is 0 Å². The first-order valence-electron chi connectivity index (χ1n) is 12.3. The fourth-order valence-electron chi connectivity index (χ4n) is 2.97. The molecule has 8 heteroatoms. The lowest BCUT2D eigenvalue weighted by atomic mass is 9.86. The van der Waals surface area contributed by atoms with Crippen molar-refractivity contribution in [2.45, 2.75) is 65.2 Å². The number of hydrogen-bond donors (Lipinski definition) is 4. The number of carboxylic acids is 2. The van der Waals surface area contributed by atoms with Crippen LogP contribution in [-0.4, -0.2) is 35.4 Å². The number of carboxylic acid groups (broad SMARTS) is 2. The Morgan fingerprint density at radius 2 is 0.921 bits per heavy atom. The summed E-state index contributed by atoms with van der Waals surface area (Å²) in [6, 6.07) is 17.5. The highest BCUT2D eigenvalue weighted by atomic mass is 16.6. The van der Waals surface area contributed by atoms with Crippen LogP contribution in [0.4, 0.5) is 0 Å². The van der Waals surface area contributed by atoms with Crippen LogP contribution in [0.3, 0.4) is 0 Å². The standard InChI is InChI=1S/2C14H21NO.C2H2O4/c2*1-14(2,3)13-9-7-12(8-10-13)6-4-5-11-16-15;3-1(4)2(5)6/h2*4-5,7-10H,6,11,15H2,1-3H3;(H,3,4)(H,5,6)/b2*5-4+;. The predicted octanol–water partition coefficient (Wildman–Crippen LogP) is 5.10. The molecule has 0 unspecified atom stereocenters. The zero-order valence-corrected chi connectivity index (χ0v) is 23.4. The smallest absolute Gasteiger partial charge is 0.414 e. The first-order valence-corrected chi connectivity index (χ1v) is 12.3. The van der Waals surface area contributed by atoms with Crippen LogP contribution in [0.1, 0.15) is 63.8 Å². The summed E-state index contributed by atoms with van der Waals surface area (Å²) < 4.78 is 0. The summed E-state index contributed by atoms with van der Waals surface area (Å²) in [5.74, 6) is 6.20. The summed E-state index contributed by atoms with van der Waals surface area (Å²) in [4.78, 5) is 27.1. The van der Waals surface area contributed by atoms with Crippen molar-refractivity contribution in [3.8, 4) is 0 Å². The van der Waals surface area contributed by atoms with Crippen molar-refractivity contribution in [2.75, 3.05) is 13.2 Å². The van der Waals surface area contributed by atoms with Gasteiger partial charge in [-0.25, -0.2) is 21.4 Å². The van der Waals surface area contributed by atoms with Crippen LogP contribution in [-0.2, 0) is 42.9 Å². The normalized spacial score (nSPS) is 11.5. The lowest BCUT2D eigenvalue weighted by Gasteiger charge is -2.18. The van der Waals surface area contributed by atoms with Crippen LogP contribution in [0, 0.1) is 0 Å². The largest absolute Gasteiger partial charge is 0.473 e. The highest BCUT2D eigenvalue weighted by Gasteiger charge is 2.13. The van der Waals surface area contributed by atoms with Crippen molar-refractivity contribution in [3.05, 3.63) is 95.1 Å². The van der Waals surface area contributed by atoms with Gasteiger partial charge < -0.3 is 19.9 Å². The maximum Gasteiger partial charge on any atom is 0.414 e. The fraction of sp³-hybridized carbons (Fsp3) is 0.400. The molecule has 0 amide bonds. The second kappa shape index (κ2) is 18.0. The van der Waals surface area contributed by atoms with E-state index in [9.17, 15) is 0 Å². The summed E-state index contributed by atoms with van der Waals surface area (Å²) in [5.41, 5.74) is 5.79. The summed E-state index contributed by atoms with van der Waals surface area (Å²) >= 11 is 0. The Hall–Kier alpha value is -3.30. The SMILES string of the molecule is CC(C)(C)c1ccc(C/C=C/CON)cc1.CC(C)(C)c1ccc(C/C=C/CON)cc1.O=C(O)C(=O)O. The molecule has 2 aromatic rings. The minimum absolute atomic E-state index is 0.224. The molecule has 0 saturated carbocycles. The third-order valence-electron chi connectivity index (χ3n) is 5.25. The average molecular weight is 529 g/mol. The monoisotopic (exact) mass is 528 g/mol. The molecule has 210 valence electrons. The molecule has 0 aliphatic rings. The number of nitrogens with two attached hydrogens (primary N) is 2. The number of carbonyl (C=O) groups is 2. The zero-order valence-electron chi connectivity index (χ0n) is 23.4.